The van der Waals surface area contributed by atoms with E-state index in [1.807, 2.05) is 20.8 Å². The van der Waals surface area contributed by atoms with Crippen LogP contribution in [-0.4, -0.2) is 55.8 Å². The smallest absolute Gasteiger partial charge is 0.323 e. The van der Waals surface area contributed by atoms with Crippen LogP contribution in [-0.2, 0) is 9.53 Å². The van der Waals surface area contributed by atoms with E-state index in [1.165, 1.54) is 0 Å². The molecule has 1 saturated heterocycles. The number of ether oxygens (including phenoxy) is 1. The van der Waals surface area contributed by atoms with Gasteiger partial charge in [-0.2, -0.15) is 0 Å². The van der Waals surface area contributed by atoms with Crippen LogP contribution < -0.4 is 0 Å². The van der Waals surface area contributed by atoms with Gasteiger partial charge >= 0.3 is 5.97 Å². The summed E-state index contributed by atoms with van der Waals surface area (Å²) in [5, 5.41) is 8.72. The fourth-order valence-corrected chi connectivity index (χ4v) is 3.20. The van der Waals surface area contributed by atoms with E-state index in [1.54, 1.807) is 0 Å². The topological polar surface area (TPSA) is 66.8 Å². The first kappa shape index (κ1) is 16.2. The maximum Gasteiger partial charge on any atom is 0.323 e. The summed E-state index contributed by atoms with van der Waals surface area (Å²) in [5.41, 5.74) is -1.11. The van der Waals surface area contributed by atoms with E-state index in [9.17, 15) is 9.59 Å². The Kier molecular flexibility index (Phi) is 6.00. The Balaban J connectivity index is 2.51. The second-order valence-electron chi connectivity index (χ2n) is 6.08. The van der Waals surface area contributed by atoms with Crippen molar-refractivity contribution in [2.75, 3.05) is 13.1 Å². The Labute approximate surface area is 117 Å². The SMILES string of the molecule is CC(C)(C)OC(=O)C1CCCCN1CC[SiH2]C(=O)O. The first-order chi connectivity index (χ1) is 8.79. The zero-order valence-corrected chi connectivity index (χ0v) is 13.6. The molecule has 0 aromatic carbocycles. The largest absolute Gasteiger partial charge is 0.486 e. The third-order valence-electron chi connectivity index (χ3n) is 3.13. The number of hydrogen-bond donors (Lipinski definition) is 1. The molecule has 1 aliphatic rings. The van der Waals surface area contributed by atoms with Gasteiger partial charge in [0, 0.05) is 0 Å². The van der Waals surface area contributed by atoms with Crippen molar-refractivity contribution in [2.24, 2.45) is 0 Å². The summed E-state index contributed by atoms with van der Waals surface area (Å²) in [4.78, 5) is 24.9. The van der Waals surface area contributed by atoms with Crippen LogP contribution >= 0.6 is 0 Å². The number of nitrogens with zero attached hydrogens (tertiary/aromatic N) is 1. The van der Waals surface area contributed by atoms with E-state index in [0.717, 1.165) is 25.8 Å². The molecule has 6 heteroatoms. The summed E-state index contributed by atoms with van der Waals surface area (Å²) >= 11 is 0. The fraction of sp³-hybridized carbons (Fsp3) is 0.846. The molecule has 1 aliphatic heterocycles. The maximum absolute atomic E-state index is 12.2. The minimum atomic E-state index is -1.06. The van der Waals surface area contributed by atoms with Gasteiger partial charge in [-0.1, -0.05) is 6.42 Å². The van der Waals surface area contributed by atoms with Gasteiger partial charge in [0.1, 0.15) is 11.6 Å². The van der Waals surface area contributed by atoms with Crippen molar-refractivity contribution in [1.29, 1.82) is 0 Å². The molecule has 19 heavy (non-hydrogen) atoms. The molecular formula is C13H25NO4Si. The van der Waals surface area contributed by atoms with Crippen molar-refractivity contribution in [2.45, 2.75) is 57.7 Å². The van der Waals surface area contributed by atoms with Crippen molar-refractivity contribution < 1.29 is 19.4 Å². The van der Waals surface area contributed by atoms with E-state index in [2.05, 4.69) is 4.90 Å². The van der Waals surface area contributed by atoms with Gasteiger partial charge in [0.25, 0.3) is 5.59 Å². The molecule has 1 N–H and O–H groups in total. The van der Waals surface area contributed by atoms with E-state index in [0.29, 0.717) is 12.6 Å². The molecule has 0 spiro atoms. The van der Waals surface area contributed by atoms with E-state index in [4.69, 9.17) is 9.84 Å². The molecule has 0 aromatic heterocycles. The molecule has 0 saturated carbocycles. The highest BCUT2D eigenvalue weighted by Crippen LogP contribution is 2.20. The van der Waals surface area contributed by atoms with Crippen LogP contribution in [0.2, 0.25) is 6.04 Å². The Bertz CT molecular complexity index is 327. The van der Waals surface area contributed by atoms with Crippen LogP contribution in [0.5, 0.6) is 0 Å². The van der Waals surface area contributed by atoms with Crippen molar-refractivity contribution >= 4 is 21.1 Å². The molecule has 1 heterocycles. The second kappa shape index (κ2) is 7.05. The Hall–Kier alpha value is -0.883. The minimum Gasteiger partial charge on any atom is -0.486 e. The number of hydrogen-bond acceptors (Lipinski definition) is 4. The molecule has 5 nitrogen and oxygen atoms in total. The normalized spacial score (nSPS) is 21.7. The third-order valence-corrected chi connectivity index (χ3v) is 4.23. The highest BCUT2D eigenvalue weighted by molar-refractivity contribution is 6.71. The average Bonchev–Trinajstić information content (AvgIpc) is 2.26. The lowest BCUT2D eigenvalue weighted by Crippen LogP contribution is -2.47. The standard InChI is InChI=1S/C13H25NO4Si/c1-13(2,3)18-11(15)10-6-4-5-7-14(10)8-9-19-12(16)17/h10H,4-9,19H2,1-3H3,(H,16,17). The van der Waals surface area contributed by atoms with Crippen molar-refractivity contribution in [1.82, 2.24) is 4.90 Å². The average molecular weight is 287 g/mol. The number of carboxylic acid groups (broad SMARTS) is 1. The van der Waals surface area contributed by atoms with Gasteiger partial charge in [-0.05, 0) is 52.7 Å². The van der Waals surface area contributed by atoms with Gasteiger partial charge < -0.3 is 9.84 Å². The monoisotopic (exact) mass is 287 g/mol. The highest BCUT2D eigenvalue weighted by Gasteiger charge is 2.31. The lowest BCUT2D eigenvalue weighted by Gasteiger charge is -2.35. The first-order valence-electron chi connectivity index (χ1n) is 6.98. The lowest BCUT2D eigenvalue weighted by molar-refractivity contribution is -0.162. The molecule has 1 fully saturated rings. The summed E-state index contributed by atoms with van der Waals surface area (Å²) < 4.78 is 5.45. The molecule has 0 aliphatic carbocycles. The first-order valence-corrected chi connectivity index (χ1v) is 8.69. The van der Waals surface area contributed by atoms with Crippen molar-refractivity contribution in [3.05, 3.63) is 0 Å². The Morgan fingerprint density at radius 1 is 1.37 bits per heavy atom. The van der Waals surface area contributed by atoms with Gasteiger partial charge in [0.2, 0.25) is 0 Å². The van der Waals surface area contributed by atoms with Crippen LogP contribution in [0.1, 0.15) is 40.0 Å². The second-order valence-corrected chi connectivity index (χ2v) is 7.89. The predicted octanol–water partition coefficient (Wildman–Crippen LogP) is 1.45. The number of rotatable bonds is 5. The molecule has 0 amide bonds. The molecule has 1 rings (SSSR count). The summed E-state index contributed by atoms with van der Waals surface area (Å²) in [5.74, 6) is -0.163. The number of carbonyl (C=O) groups excluding carboxylic acids is 1. The Morgan fingerprint density at radius 3 is 2.63 bits per heavy atom. The van der Waals surface area contributed by atoms with Crippen LogP contribution in [0.15, 0.2) is 0 Å². The summed E-state index contributed by atoms with van der Waals surface area (Å²) in [6, 6.07) is 0.532. The van der Waals surface area contributed by atoms with Crippen LogP contribution in [0.3, 0.4) is 0 Å². The molecular weight excluding hydrogens is 262 g/mol. The molecule has 1 unspecified atom stereocenters. The highest BCUT2D eigenvalue weighted by atomic mass is 28.2. The number of likely N-dealkylation sites (tertiary alicyclic amines) is 1. The number of piperidine rings is 1. The molecule has 1 atom stereocenters. The van der Waals surface area contributed by atoms with Crippen molar-refractivity contribution in [3.63, 3.8) is 0 Å². The van der Waals surface area contributed by atoms with E-state index < -0.39 is 20.7 Å². The molecule has 110 valence electrons. The van der Waals surface area contributed by atoms with Gasteiger partial charge in [-0.15, -0.1) is 0 Å². The predicted molar refractivity (Wildman–Crippen MR) is 76.4 cm³/mol. The summed E-state index contributed by atoms with van der Waals surface area (Å²) in [6.07, 6.45) is 2.94. The zero-order chi connectivity index (χ0) is 14.5. The maximum atomic E-state index is 12.2. The van der Waals surface area contributed by atoms with Crippen LogP contribution in [0.25, 0.3) is 0 Å². The van der Waals surface area contributed by atoms with E-state index >= 15 is 0 Å². The zero-order valence-electron chi connectivity index (χ0n) is 12.1. The van der Waals surface area contributed by atoms with Gasteiger partial charge in [0.05, 0.1) is 0 Å². The van der Waals surface area contributed by atoms with Crippen molar-refractivity contribution in [3.8, 4) is 0 Å². The molecule has 0 radical (unpaired) electrons. The lowest BCUT2D eigenvalue weighted by atomic mass is 10.0. The van der Waals surface area contributed by atoms with Crippen LogP contribution in [0, 0.1) is 0 Å². The van der Waals surface area contributed by atoms with Gasteiger partial charge in [-0.3, -0.25) is 14.5 Å². The third kappa shape index (κ3) is 6.20. The number of esters is 1. The van der Waals surface area contributed by atoms with Gasteiger partial charge in [-0.25, -0.2) is 0 Å². The quantitative estimate of drug-likeness (QED) is 0.612. The Morgan fingerprint density at radius 2 is 2.05 bits per heavy atom. The summed E-state index contributed by atoms with van der Waals surface area (Å²) in [7, 11) is -1.06. The minimum absolute atomic E-state index is 0.163. The fourth-order valence-electron chi connectivity index (χ4n) is 2.33. The summed E-state index contributed by atoms with van der Waals surface area (Å²) in [6.45, 7) is 7.20. The van der Waals surface area contributed by atoms with E-state index in [-0.39, 0.29) is 12.0 Å². The molecule has 0 bridgehead atoms. The van der Waals surface area contributed by atoms with Gasteiger partial charge in [0.15, 0.2) is 9.52 Å². The number of carbonyl (C=O) groups is 2. The molecule has 0 aromatic rings. The van der Waals surface area contributed by atoms with Crippen LogP contribution in [0.4, 0.5) is 4.79 Å².